The Morgan fingerprint density at radius 1 is 1.16 bits per heavy atom. The number of aromatic nitrogens is 4. The first-order valence-corrected chi connectivity index (χ1v) is 7.99. The molecule has 130 valence electrons. The number of ether oxygens (including phenoxy) is 1. The average molecular weight is 339 g/mol. The van der Waals surface area contributed by atoms with E-state index in [-0.39, 0.29) is 5.56 Å². The van der Waals surface area contributed by atoms with E-state index in [1.807, 2.05) is 30.3 Å². The Balaban J connectivity index is 1.70. The normalized spacial score (nSPS) is 11.2. The number of benzene rings is 1. The van der Waals surface area contributed by atoms with Crippen molar-refractivity contribution < 1.29 is 4.74 Å². The van der Waals surface area contributed by atoms with Crippen molar-refractivity contribution in [2.45, 2.75) is 19.7 Å². The van der Waals surface area contributed by atoms with Crippen LogP contribution in [-0.4, -0.2) is 39.2 Å². The van der Waals surface area contributed by atoms with E-state index >= 15 is 0 Å². The van der Waals surface area contributed by atoms with Gasteiger partial charge in [0.1, 0.15) is 5.82 Å². The van der Waals surface area contributed by atoms with Crippen molar-refractivity contribution in [3.8, 4) is 11.4 Å². The fraction of sp³-hybridized carbons (Fsp3) is 0.278. The van der Waals surface area contributed by atoms with E-state index in [4.69, 9.17) is 4.74 Å². The Morgan fingerprint density at radius 2 is 1.96 bits per heavy atom. The smallest absolute Gasteiger partial charge is 0.251 e. The first-order chi connectivity index (χ1) is 12.1. The predicted octanol–water partition coefficient (Wildman–Crippen LogP) is 1.94. The van der Waals surface area contributed by atoms with Crippen LogP contribution in [0.4, 0.5) is 0 Å². The zero-order chi connectivity index (χ0) is 17.6. The Hall–Kier alpha value is -2.77. The van der Waals surface area contributed by atoms with Crippen LogP contribution < -0.4 is 5.56 Å². The highest BCUT2D eigenvalue weighted by Crippen LogP contribution is 2.16. The molecular formula is C18H21N5O2. The van der Waals surface area contributed by atoms with Crippen molar-refractivity contribution in [1.29, 1.82) is 0 Å². The van der Waals surface area contributed by atoms with Gasteiger partial charge in [-0.05, 0) is 18.7 Å². The molecule has 3 aromatic rings. The first kappa shape index (κ1) is 17.1. The second-order valence-electron chi connectivity index (χ2n) is 5.97. The van der Waals surface area contributed by atoms with Crippen LogP contribution in [0.3, 0.4) is 0 Å². The molecule has 1 aromatic carbocycles. The third kappa shape index (κ3) is 4.62. The molecule has 0 saturated carbocycles. The molecule has 0 aliphatic rings. The van der Waals surface area contributed by atoms with Gasteiger partial charge in [-0.2, -0.15) is 5.10 Å². The number of nitrogens with zero attached hydrogens (tertiary/aromatic N) is 3. The van der Waals surface area contributed by atoms with Crippen LogP contribution in [0.25, 0.3) is 11.4 Å². The number of hydrogen-bond donors (Lipinski definition) is 2. The lowest BCUT2D eigenvalue weighted by Crippen LogP contribution is -2.17. The summed E-state index contributed by atoms with van der Waals surface area (Å²) in [7, 11) is 3.64. The van der Waals surface area contributed by atoms with Crippen LogP contribution in [0.5, 0.6) is 0 Å². The molecule has 0 fully saturated rings. The summed E-state index contributed by atoms with van der Waals surface area (Å²) < 4.78 is 5.05. The Morgan fingerprint density at radius 3 is 2.64 bits per heavy atom. The zero-order valence-corrected chi connectivity index (χ0v) is 14.3. The van der Waals surface area contributed by atoms with Gasteiger partial charge in [0, 0.05) is 43.7 Å². The second-order valence-corrected chi connectivity index (χ2v) is 5.97. The number of H-pyrrole nitrogens is 2. The quantitative estimate of drug-likeness (QED) is 0.687. The third-order valence-corrected chi connectivity index (χ3v) is 3.77. The van der Waals surface area contributed by atoms with Gasteiger partial charge in [-0.1, -0.05) is 24.3 Å². The lowest BCUT2D eigenvalue weighted by molar-refractivity contribution is 0.181. The van der Waals surface area contributed by atoms with Crippen LogP contribution in [-0.2, 0) is 24.4 Å². The van der Waals surface area contributed by atoms with Gasteiger partial charge in [-0.25, -0.2) is 4.98 Å². The monoisotopic (exact) mass is 339 g/mol. The van der Waals surface area contributed by atoms with Crippen LogP contribution >= 0.6 is 0 Å². The molecule has 0 unspecified atom stereocenters. The maximum atomic E-state index is 11.8. The summed E-state index contributed by atoms with van der Waals surface area (Å²) in [4.78, 5) is 21.2. The summed E-state index contributed by atoms with van der Waals surface area (Å²) >= 11 is 0. The highest BCUT2D eigenvalue weighted by molar-refractivity contribution is 5.55. The molecule has 7 nitrogen and oxygen atoms in total. The molecule has 0 radical (unpaired) electrons. The van der Waals surface area contributed by atoms with Crippen LogP contribution in [0.1, 0.15) is 17.0 Å². The minimum Gasteiger partial charge on any atom is -0.378 e. The predicted molar refractivity (Wildman–Crippen MR) is 94.8 cm³/mol. The first-order valence-electron chi connectivity index (χ1n) is 7.99. The van der Waals surface area contributed by atoms with Gasteiger partial charge >= 0.3 is 0 Å². The summed E-state index contributed by atoms with van der Waals surface area (Å²) in [6.07, 6.45) is 1.75. The highest BCUT2D eigenvalue weighted by atomic mass is 16.5. The van der Waals surface area contributed by atoms with Gasteiger partial charge in [0.15, 0.2) is 0 Å². The summed E-state index contributed by atoms with van der Waals surface area (Å²) in [5.41, 5.74) is 3.57. The van der Waals surface area contributed by atoms with E-state index in [9.17, 15) is 4.79 Å². The minimum atomic E-state index is -0.180. The topological polar surface area (TPSA) is 86.9 Å². The molecule has 0 bridgehead atoms. The number of hydrogen-bond acceptors (Lipinski definition) is 5. The molecule has 0 atom stereocenters. The molecule has 25 heavy (non-hydrogen) atoms. The zero-order valence-electron chi connectivity index (χ0n) is 14.3. The van der Waals surface area contributed by atoms with Gasteiger partial charge in [0.05, 0.1) is 12.3 Å². The number of nitrogens with one attached hydrogen (secondary N) is 2. The summed E-state index contributed by atoms with van der Waals surface area (Å²) in [5.74, 6) is 0.553. The largest absolute Gasteiger partial charge is 0.378 e. The molecular weight excluding hydrogens is 318 g/mol. The Bertz CT molecular complexity index is 856. The summed E-state index contributed by atoms with van der Waals surface area (Å²) in [5, 5.41) is 6.92. The molecule has 0 aliphatic carbocycles. The van der Waals surface area contributed by atoms with Crippen molar-refractivity contribution in [3.63, 3.8) is 0 Å². The van der Waals surface area contributed by atoms with E-state index in [1.165, 1.54) is 11.6 Å². The fourth-order valence-corrected chi connectivity index (χ4v) is 2.67. The number of rotatable bonds is 7. The van der Waals surface area contributed by atoms with Crippen molar-refractivity contribution >= 4 is 0 Å². The number of aromatic amines is 2. The SMILES string of the molecule is COCc1cc(=O)[nH]c(-c2ccc(CN(C)Cc3ccn[nH]3)cc2)n1. The molecule has 2 N–H and O–H groups in total. The fourth-order valence-electron chi connectivity index (χ4n) is 2.67. The van der Waals surface area contributed by atoms with Gasteiger partial charge in [-0.15, -0.1) is 0 Å². The summed E-state index contributed by atoms with van der Waals surface area (Å²) in [6.45, 7) is 1.93. The molecule has 0 saturated heterocycles. The molecule has 2 heterocycles. The van der Waals surface area contributed by atoms with Gasteiger partial charge < -0.3 is 9.72 Å². The average Bonchev–Trinajstić information content (AvgIpc) is 3.08. The maximum absolute atomic E-state index is 11.8. The van der Waals surface area contributed by atoms with Crippen molar-refractivity contribution in [3.05, 3.63) is 69.9 Å². The number of methoxy groups -OCH3 is 1. The summed E-state index contributed by atoms with van der Waals surface area (Å²) in [6, 6.07) is 11.4. The van der Waals surface area contributed by atoms with Crippen LogP contribution in [0.15, 0.2) is 47.4 Å². The Labute approximate surface area is 145 Å². The van der Waals surface area contributed by atoms with E-state index in [1.54, 1.807) is 13.3 Å². The van der Waals surface area contributed by atoms with Gasteiger partial charge in [0.25, 0.3) is 5.56 Å². The molecule has 7 heteroatoms. The van der Waals surface area contributed by atoms with Gasteiger partial charge in [-0.3, -0.25) is 14.8 Å². The lowest BCUT2D eigenvalue weighted by atomic mass is 10.1. The van der Waals surface area contributed by atoms with Crippen molar-refractivity contribution in [1.82, 2.24) is 25.1 Å². The maximum Gasteiger partial charge on any atom is 0.251 e. The molecule has 0 amide bonds. The Kier molecular flexibility index (Phi) is 5.37. The third-order valence-electron chi connectivity index (χ3n) is 3.77. The van der Waals surface area contributed by atoms with E-state index < -0.39 is 0 Å². The van der Waals surface area contributed by atoms with E-state index in [0.717, 1.165) is 24.3 Å². The van der Waals surface area contributed by atoms with Crippen LogP contribution in [0.2, 0.25) is 0 Å². The second kappa shape index (κ2) is 7.87. The van der Waals surface area contributed by atoms with Gasteiger partial charge in [0.2, 0.25) is 0 Å². The molecule has 2 aromatic heterocycles. The minimum absolute atomic E-state index is 0.180. The standard InChI is InChI=1S/C18H21N5O2/c1-23(11-15-7-8-19-22-15)10-13-3-5-14(6-4-13)18-20-16(12-25-2)9-17(24)21-18/h3-9H,10-12H2,1-2H3,(H,19,22)(H,20,21,24). The molecule has 0 aliphatic heterocycles. The van der Waals surface area contributed by atoms with Crippen molar-refractivity contribution in [2.24, 2.45) is 0 Å². The molecule has 3 rings (SSSR count). The van der Waals surface area contributed by atoms with Crippen molar-refractivity contribution in [2.75, 3.05) is 14.2 Å². The van der Waals surface area contributed by atoms with E-state index in [2.05, 4.69) is 32.1 Å². The van der Waals surface area contributed by atoms with E-state index in [0.29, 0.717) is 18.1 Å². The highest BCUT2D eigenvalue weighted by Gasteiger charge is 2.06. The molecule has 0 spiro atoms. The lowest BCUT2D eigenvalue weighted by Gasteiger charge is -2.15. The van der Waals surface area contributed by atoms with Crippen LogP contribution in [0, 0.1) is 0 Å².